The molecule has 2 bridgehead atoms. The van der Waals surface area contributed by atoms with Crippen molar-refractivity contribution in [3.8, 4) is 5.75 Å². The van der Waals surface area contributed by atoms with Crippen molar-refractivity contribution < 1.29 is 19.0 Å². The van der Waals surface area contributed by atoms with Gasteiger partial charge in [0, 0.05) is 0 Å². The number of esters is 1. The Kier molecular flexibility index (Phi) is 2.14. The maximum absolute atomic E-state index is 11.9. The molecule has 0 aliphatic carbocycles. The highest BCUT2D eigenvalue weighted by Crippen LogP contribution is 2.43. The molecule has 4 unspecified atom stereocenters. The third-order valence-corrected chi connectivity index (χ3v) is 4.08. The van der Waals surface area contributed by atoms with E-state index >= 15 is 0 Å². The van der Waals surface area contributed by atoms with Gasteiger partial charge in [-0.2, -0.15) is 0 Å². The van der Waals surface area contributed by atoms with Crippen LogP contribution in [-0.2, 0) is 9.47 Å². The largest absolute Gasteiger partial charge is 0.453 e. The van der Waals surface area contributed by atoms with Gasteiger partial charge >= 0.3 is 5.97 Å². The summed E-state index contributed by atoms with van der Waals surface area (Å²) < 4.78 is 17.0. The third kappa shape index (κ3) is 1.45. The first-order valence-electron chi connectivity index (χ1n) is 6.43. The second-order valence-electron chi connectivity index (χ2n) is 5.16. The maximum atomic E-state index is 11.9. The van der Waals surface area contributed by atoms with Gasteiger partial charge in [0.1, 0.15) is 11.3 Å². The van der Waals surface area contributed by atoms with Crippen molar-refractivity contribution in [2.24, 2.45) is 5.92 Å². The van der Waals surface area contributed by atoms with Gasteiger partial charge in [-0.15, -0.1) is 0 Å². The molecule has 1 aromatic rings. The van der Waals surface area contributed by atoms with Crippen LogP contribution in [0.15, 0.2) is 24.3 Å². The van der Waals surface area contributed by atoms with Crippen molar-refractivity contribution in [2.45, 2.75) is 37.8 Å². The molecule has 18 heavy (non-hydrogen) atoms. The fourth-order valence-electron chi connectivity index (χ4n) is 3.19. The fraction of sp³-hybridized carbons (Fsp3) is 0.500. The first-order chi connectivity index (χ1) is 8.81. The molecule has 4 heteroatoms. The summed E-state index contributed by atoms with van der Waals surface area (Å²) in [6.07, 6.45) is 3.15. The van der Waals surface area contributed by atoms with Crippen molar-refractivity contribution in [3.05, 3.63) is 29.8 Å². The van der Waals surface area contributed by atoms with Crippen molar-refractivity contribution in [1.82, 2.24) is 0 Å². The molecule has 0 saturated carbocycles. The first kappa shape index (κ1) is 10.4. The molecule has 2 fully saturated rings. The van der Waals surface area contributed by atoms with E-state index in [0.717, 1.165) is 19.3 Å². The number of rotatable bonds is 1. The van der Waals surface area contributed by atoms with Gasteiger partial charge in [-0.05, 0) is 31.4 Å². The first-order valence-corrected chi connectivity index (χ1v) is 6.43. The van der Waals surface area contributed by atoms with Crippen LogP contribution in [0.2, 0.25) is 0 Å². The normalized spacial score (nSPS) is 37.0. The van der Waals surface area contributed by atoms with Gasteiger partial charge in [0.25, 0.3) is 0 Å². The van der Waals surface area contributed by atoms with E-state index in [1.807, 2.05) is 18.2 Å². The minimum absolute atomic E-state index is 0.182. The number of cyclic esters (lactones) is 1. The van der Waals surface area contributed by atoms with Gasteiger partial charge in [0.2, 0.25) is 6.29 Å². The molecule has 0 amide bonds. The van der Waals surface area contributed by atoms with E-state index in [9.17, 15) is 4.79 Å². The number of para-hydroxylation sites is 1. The maximum Gasteiger partial charge on any atom is 0.345 e. The molecule has 3 aliphatic heterocycles. The molecule has 4 rings (SSSR count). The standard InChI is InChI=1S/C14H14O4/c15-13-9-3-1-2-4-11(9)17-14(18-13)10-7-8-5-6-12(10)16-8/h1-4,8,10,12,14H,5-7H2. The molecule has 4 atom stereocenters. The smallest absolute Gasteiger partial charge is 0.345 e. The number of carbonyl (C=O) groups is 1. The van der Waals surface area contributed by atoms with Crippen molar-refractivity contribution in [2.75, 3.05) is 0 Å². The summed E-state index contributed by atoms with van der Waals surface area (Å²) in [6.45, 7) is 0. The zero-order valence-electron chi connectivity index (χ0n) is 9.87. The summed E-state index contributed by atoms with van der Waals surface area (Å²) >= 11 is 0. The highest BCUT2D eigenvalue weighted by Gasteiger charge is 2.48. The van der Waals surface area contributed by atoms with E-state index in [0.29, 0.717) is 17.4 Å². The Balaban J connectivity index is 1.61. The Morgan fingerprint density at radius 3 is 2.78 bits per heavy atom. The van der Waals surface area contributed by atoms with Crippen LogP contribution in [-0.4, -0.2) is 24.5 Å². The minimum Gasteiger partial charge on any atom is -0.453 e. The van der Waals surface area contributed by atoms with Gasteiger partial charge < -0.3 is 14.2 Å². The summed E-state index contributed by atoms with van der Waals surface area (Å²) in [5.74, 6) is 0.521. The number of carbonyl (C=O) groups excluding carboxylic acids is 1. The number of ether oxygens (including phenoxy) is 3. The van der Waals surface area contributed by atoms with Gasteiger partial charge in [-0.1, -0.05) is 12.1 Å². The Morgan fingerprint density at radius 2 is 2.00 bits per heavy atom. The van der Waals surface area contributed by atoms with E-state index in [1.165, 1.54) is 0 Å². The summed E-state index contributed by atoms with van der Waals surface area (Å²) in [5, 5.41) is 0. The summed E-state index contributed by atoms with van der Waals surface area (Å²) in [6, 6.07) is 7.22. The zero-order chi connectivity index (χ0) is 12.1. The van der Waals surface area contributed by atoms with Crippen LogP contribution >= 0.6 is 0 Å². The Hall–Kier alpha value is -1.55. The average molecular weight is 246 g/mol. The fourth-order valence-corrected chi connectivity index (χ4v) is 3.19. The minimum atomic E-state index is -0.484. The van der Waals surface area contributed by atoms with Crippen LogP contribution in [0.5, 0.6) is 5.75 Å². The van der Waals surface area contributed by atoms with Crippen LogP contribution in [0.3, 0.4) is 0 Å². The van der Waals surface area contributed by atoms with Crippen LogP contribution < -0.4 is 4.74 Å². The zero-order valence-corrected chi connectivity index (χ0v) is 9.87. The van der Waals surface area contributed by atoms with Gasteiger partial charge in [0.05, 0.1) is 18.1 Å². The summed E-state index contributed by atoms with van der Waals surface area (Å²) in [7, 11) is 0. The van der Waals surface area contributed by atoms with Gasteiger partial charge in [-0.3, -0.25) is 0 Å². The second kappa shape index (κ2) is 3.72. The molecule has 0 spiro atoms. The Labute approximate surface area is 105 Å². The Morgan fingerprint density at radius 1 is 1.11 bits per heavy atom. The molecular weight excluding hydrogens is 232 g/mol. The van der Waals surface area contributed by atoms with E-state index in [-0.39, 0.29) is 18.0 Å². The molecule has 0 N–H and O–H groups in total. The van der Waals surface area contributed by atoms with Gasteiger partial charge in [-0.25, -0.2) is 4.79 Å². The lowest BCUT2D eigenvalue weighted by Crippen LogP contribution is -2.40. The van der Waals surface area contributed by atoms with Crippen molar-refractivity contribution >= 4 is 5.97 Å². The monoisotopic (exact) mass is 246 g/mol. The number of hydrogen-bond donors (Lipinski definition) is 0. The highest BCUT2D eigenvalue weighted by atomic mass is 16.7. The summed E-state index contributed by atoms with van der Waals surface area (Å²) in [4.78, 5) is 11.9. The lowest BCUT2D eigenvalue weighted by atomic mass is 9.88. The highest BCUT2D eigenvalue weighted by molar-refractivity contribution is 5.93. The van der Waals surface area contributed by atoms with E-state index < -0.39 is 6.29 Å². The topological polar surface area (TPSA) is 44.8 Å². The Bertz CT molecular complexity index is 498. The predicted molar refractivity (Wildman–Crippen MR) is 62.3 cm³/mol. The average Bonchev–Trinajstić information content (AvgIpc) is 3.01. The van der Waals surface area contributed by atoms with Gasteiger partial charge in [0.15, 0.2) is 0 Å². The van der Waals surface area contributed by atoms with Crippen LogP contribution in [0.25, 0.3) is 0 Å². The van der Waals surface area contributed by atoms with Crippen LogP contribution in [0, 0.1) is 5.92 Å². The molecule has 0 radical (unpaired) electrons. The molecular formula is C14H14O4. The van der Waals surface area contributed by atoms with Crippen LogP contribution in [0.1, 0.15) is 29.6 Å². The second-order valence-corrected chi connectivity index (χ2v) is 5.16. The number of benzene rings is 1. The van der Waals surface area contributed by atoms with E-state index in [4.69, 9.17) is 14.2 Å². The summed E-state index contributed by atoms with van der Waals surface area (Å²) in [5.41, 5.74) is 0.512. The molecule has 3 aliphatic rings. The quantitative estimate of drug-likeness (QED) is 0.712. The molecule has 1 aromatic carbocycles. The third-order valence-electron chi connectivity index (χ3n) is 4.08. The number of fused-ring (bicyclic) bond motifs is 3. The molecule has 94 valence electrons. The van der Waals surface area contributed by atoms with Crippen molar-refractivity contribution in [1.29, 1.82) is 0 Å². The van der Waals surface area contributed by atoms with E-state index in [2.05, 4.69) is 0 Å². The SMILES string of the molecule is O=C1OC(C2CC3CCC2O3)Oc2ccccc21. The van der Waals surface area contributed by atoms with E-state index in [1.54, 1.807) is 6.07 Å². The lowest BCUT2D eigenvalue weighted by Gasteiger charge is -2.32. The molecule has 3 heterocycles. The molecule has 0 aromatic heterocycles. The van der Waals surface area contributed by atoms with Crippen molar-refractivity contribution in [3.63, 3.8) is 0 Å². The molecule has 2 saturated heterocycles. The number of hydrogen-bond acceptors (Lipinski definition) is 4. The predicted octanol–water partition coefficient (Wildman–Crippen LogP) is 2.13. The lowest BCUT2D eigenvalue weighted by molar-refractivity contribution is -0.104. The molecule has 4 nitrogen and oxygen atoms in total. The van der Waals surface area contributed by atoms with Crippen LogP contribution in [0.4, 0.5) is 0 Å².